The number of hydrogen-bond acceptors (Lipinski definition) is 4. The molecule has 0 aliphatic carbocycles. The topological polar surface area (TPSA) is 45.1 Å². The first kappa shape index (κ1) is 16.5. The van der Waals surface area contributed by atoms with E-state index in [0.29, 0.717) is 6.54 Å². The maximum absolute atomic E-state index is 10.4. The Hall–Kier alpha value is -2.98. The maximum Gasteiger partial charge on any atom is 0.131 e. The van der Waals surface area contributed by atoms with Gasteiger partial charge in [-0.25, -0.2) is 0 Å². The molecule has 0 amide bonds. The standard InChI is InChI=1S/C22H18N2OS/c25-21-10-4-9-19(24-15-16-6-2-1-3-7-16)22(21)26-18-12-11-17-8-5-13-23-20(17)14-18/h1-14,24-25H,15H2. The van der Waals surface area contributed by atoms with Gasteiger partial charge in [0, 0.05) is 23.0 Å². The zero-order chi connectivity index (χ0) is 17.8. The van der Waals surface area contributed by atoms with Crippen LogP contribution >= 0.6 is 11.8 Å². The number of rotatable bonds is 5. The van der Waals surface area contributed by atoms with Crippen molar-refractivity contribution in [2.45, 2.75) is 16.3 Å². The molecule has 0 aliphatic heterocycles. The first-order valence-corrected chi connectivity index (χ1v) is 9.24. The maximum atomic E-state index is 10.4. The minimum Gasteiger partial charge on any atom is -0.507 e. The summed E-state index contributed by atoms with van der Waals surface area (Å²) in [6.07, 6.45) is 1.80. The van der Waals surface area contributed by atoms with E-state index in [1.807, 2.05) is 48.5 Å². The summed E-state index contributed by atoms with van der Waals surface area (Å²) < 4.78 is 0. The molecular weight excluding hydrogens is 340 g/mol. The van der Waals surface area contributed by atoms with E-state index in [1.54, 1.807) is 12.3 Å². The second-order valence-electron chi connectivity index (χ2n) is 5.95. The summed E-state index contributed by atoms with van der Waals surface area (Å²) in [5, 5.41) is 14.9. The van der Waals surface area contributed by atoms with Crippen LogP contribution in [0.25, 0.3) is 10.9 Å². The quantitative estimate of drug-likeness (QED) is 0.480. The summed E-state index contributed by atoms with van der Waals surface area (Å²) in [6, 6.07) is 25.9. The molecule has 1 aromatic heterocycles. The highest BCUT2D eigenvalue weighted by molar-refractivity contribution is 7.99. The smallest absolute Gasteiger partial charge is 0.131 e. The van der Waals surface area contributed by atoms with Gasteiger partial charge in [0.25, 0.3) is 0 Å². The molecule has 0 atom stereocenters. The highest BCUT2D eigenvalue weighted by atomic mass is 32.2. The second-order valence-corrected chi connectivity index (χ2v) is 7.04. The van der Waals surface area contributed by atoms with Gasteiger partial charge >= 0.3 is 0 Å². The summed E-state index contributed by atoms with van der Waals surface area (Å²) in [5.41, 5.74) is 3.06. The number of pyridine rings is 1. The Balaban J connectivity index is 1.60. The molecule has 0 saturated carbocycles. The van der Waals surface area contributed by atoms with Gasteiger partial charge in [0.05, 0.1) is 16.1 Å². The molecule has 0 spiro atoms. The van der Waals surface area contributed by atoms with E-state index < -0.39 is 0 Å². The Morgan fingerprint density at radius 3 is 2.65 bits per heavy atom. The van der Waals surface area contributed by atoms with Gasteiger partial charge < -0.3 is 10.4 Å². The van der Waals surface area contributed by atoms with Gasteiger partial charge in [0.1, 0.15) is 5.75 Å². The zero-order valence-corrected chi connectivity index (χ0v) is 14.9. The largest absolute Gasteiger partial charge is 0.507 e. The van der Waals surface area contributed by atoms with Crippen LogP contribution in [0.1, 0.15) is 5.56 Å². The van der Waals surface area contributed by atoms with Gasteiger partial charge in [-0.05, 0) is 35.9 Å². The Morgan fingerprint density at radius 2 is 1.77 bits per heavy atom. The van der Waals surface area contributed by atoms with E-state index in [4.69, 9.17) is 0 Å². The van der Waals surface area contributed by atoms with E-state index in [2.05, 4.69) is 34.6 Å². The van der Waals surface area contributed by atoms with E-state index in [0.717, 1.165) is 26.4 Å². The van der Waals surface area contributed by atoms with Crippen molar-refractivity contribution < 1.29 is 5.11 Å². The summed E-state index contributed by atoms with van der Waals surface area (Å²) in [5.74, 6) is 0.272. The molecule has 0 aliphatic rings. The van der Waals surface area contributed by atoms with Crippen molar-refractivity contribution in [1.29, 1.82) is 0 Å². The molecule has 1 heterocycles. The predicted molar refractivity (Wildman–Crippen MR) is 108 cm³/mol. The molecule has 4 aromatic rings. The van der Waals surface area contributed by atoms with Gasteiger partial charge in [-0.15, -0.1) is 0 Å². The fourth-order valence-corrected chi connectivity index (χ4v) is 3.76. The number of nitrogens with one attached hydrogen (secondary N) is 1. The molecule has 128 valence electrons. The summed E-state index contributed by atoms with van der Waals surface area (Å²) in [7, 11) is 0. The molecule has 0 bridgehead atoms. The number of phenolic OH excluding ortho intramolecular Hbond substituents is 1. The molecule has 0 radical (unpaired) electrons. The molecule has 26 heavy (non-hydrogen) atoms. The molecule has 3 aromatic carbocycles. The zero-order valence-electron chi connectivity index (χ0n) is 14.1. The van der Waals surface area contributed by atoms with E-state index in [1.165, 1.54) is 17.3 Å². The number of aromatic nitrogens is 1. The fraction of sp³-hybridized carbons (Fsp3) is 0.0455. The number of fused-ring (bicyclic) bond motifs is 1. The minimum atomic E-state index is 0.272. The number of benzene rings is 3. The molecule has 0 fully saturated rings. The van der Waals surface area contributed by atoms with Crippen LogP contribution in [-0.4, -0.2) is 10.1 Å². The summed E-state index contributed by atoms with van der Waals surface area (Å²) >= 11 is 1.54. The summed E-state index contributed by atoms with van der Waals surface area (Å²) in [4.78, 5) is 6.27. The Bertz CT molecular complexity index is 1030. The highest BCUT2D eigenvalue weighted by Gasteiger charge is 2.10. The van der Waals surface area contributed by atoms with Crippen molar-refractivity contribution in [3.05, 3.63) is 90.6 Å². The van der Waals surface area contributed by atoms with E-state index in [9.17, 15) is 5.11 Å². The Morgan fingerprint density at radius 1 is 0.885 bits per heavy atom. The van der Waals surface area contributed by atoms with Crippen LogP contribution in [0.5, 0.6) is 5.75 Å². The van der Waals surface area contributed by atoms with E-state index in [-0.39, 0.29) is 5.75 Å². The third kappa shape index (κ3) is 3.65. The van der Waals surface area contributed by atoms with Crippen molar-refractivity contribution in [2.75, 3.05) is 5.32 Å². The lowest BCUT2D eigenvalue weighted by Crippen LogP contribution is -2.00. The third-order valence-corrected chi connectivity index (χ3v) is 5.24. The molecule has 0 unspecified atom stereocenters. The third-order valence-electron chi connectivity index (χ3n) is 4.12. The minimum absolute atomic E-state index is 0.272. The van der Waals surface area contributed by atoms with Gasteiger partial charge in [-0.2, -0.15) is 0 Å². The van der Waals surface area contributed by atoms with Gasteiger partial charge in [-0.1, -0.05) is 60.3 Å². The van der Waals surface area contributed by atoms with Crippen LogP contribution in [0.15, 0.2) is 94.9 Å². The van der Waals surface area contributed by atoms with E-state index >= 15 is 0 Å². The molecular formula is C22H18N2OS. The number of anilines is 1. The lowest BCUT2D eigenvalue weighted by Gasteiger charge is -2.13. The Labute approximate surface area is 156 Å². The first-order valence-electron chi connectivity index (χ1n) is 8.42. The van der Waals surface area contributed by atoms with Crippen molar-refractivity contribution in [2.24, 2.45) is 0 Å². The first-order chi connectivity index (χ1) is 12.8. The number of phenols is 1. The second kappa shape index (κ2) is 7.50. The van der Waals surface area contributed by atoms with Crippen LogP contribution in [0.4, 0.5) is 5.69 Å². The van der Waals surface area contributed by atoms with Crippen LogP contribution in [-0.2, 0) is 6.54 Å². The monoisotopic (exact) mass is 358 g/mol. The molecule has 0 saturated heterocycles. The Kier molecular flexibility index (Phi) is 4.75. The molecule has 4 rings (SSSR count). The molecule has 2 N–H and O–H groups in total. The number of aromatic hydroxyl groups is 1. The summed E-state index contributed by atoms with van der Waals surface area (Å²) in [6.45, 7) is 0.705. The van der Waals surface area contributed by atoms with Gasteiger partial charge in [0.15, 0.2) is 0 Å². The normalized spacial score (nSPS) is 10.8. The predicted octanol–water partition coefficient (Wildman–Crippen LogP) is 5.70. The molecule has 4 heteroatoms. The van der Waals surface area contributed by atoms with Crippen molar-refractivity contribution in [3.8, 4) is 5.75 Å². The lowest BCUT2D eigenvalue weighted by molar-refractivity contribution is 0.463. The van der Waals surface area contributed by atoms with Gasteiger partial charge in [0.2, 0.25) is 0 Å². The lowest BCUT2D eigenvalue weighted by atomic mass is 10.2. The SMILES string of the molecule is Oc1cccc(NCc2ccccc2)c1Sc1ccc2cccnc2c1. The van der Waals surface area contributed by atoms with Crippen LogP contribution in [0.2, 0.25) is 0 Å². The average Bonchev–Trinajstić information content (AvgIpc) is 2.69. The number of hydrogen-bond donors (Lipinski definition) is 2. The van der Waals surface area contributed by atoms with Crippen molar-refractivity contribution >= 4 is 28.4 Å². The fourth-order valence-electron chi connectivity index (χ4n) is 2.79. The van der Waals surface area contributed by atoms with Crippen LogP contribution < -0.4 is 5.32 Å². The van der Waals surface area contributed by atoms with Crippen molar-refractivity contribution in [3.63, 3.8) is 0 Å². The number of nitrogens with zero attached hydrogens (tertiary/aromatic N) is 1. The average molecular weight is 358 g/mol. The van der Waals surface area contributed by atoms with Crippen LogP contribution in [0, 0.1) is 0 Å². The highest BCUT2D eigenvalue weighted by Crippen LogP contribution is 2.40. The van der Waals surface area contributed by atoms with Crippen molar-refractivity contribution in [1.82, 2.24) is 4.98 Å². The van der Waals surface area contributed by atoms with Gasteiger partial charge in [-0.3, -0.25) is 4.98 Å². The molecule has 3 nitrogen and oxygen atoms in total. The van der Waals surface area contributed by atoms with Crippen LogP contribution in [0.3, 0.4) is 0 Å².